The third-order valence-electron chi connectivity index (χ3n) is 4.60. The molecule has 1 saturated heterocycles. The molecule has 0 spiro atoms. The van der Waals surface area contributed by atoms with Gasteiger partial charge in [-0.05, 0) is 18.1 Å². The number of amides is 5. The monoisotopic (exact) mass is 391 g/mol. The molecule has 2 aromatic carbocycles. The number of hydrogen-bond donors (Lipinski definition) is 1. The van der Waals surface area contributed by atoms with E-state index < -0.39 is 36.3 Å². The Bertz CT molecular complexity index is 954. The van der Waals surface area contributed by atoms with E-state index in [4.69, 9.17) is 0 Å². The number of nitrogens with one attached hydrogen (secondary N) is 1. The summed E-state index contributed by atoms with van der Waals surface area (Å²) in [5, 5.41) is 2.86. The molecule has 0 saturated carbocycles. The van der Waals surface area contributed by atoms with E-state index >= 15 is 0 Å². The van der Waals surface area contributed by atoms with Crippen molar-refractivity contribution < 1.29 is 19.2 Å². The molecule has 148 valence electrons. The third kappa shape index (κ3) is 4.24. The van der Waals surface area contributed by atoms with Crippen LogP contribution in [0.2, 0.25) is 0 Å². The van der Waals surface area contributed by atoms with Crippen molar-refractivity contribution in [1.82, 2.24) is 15.1 Å². The van der Waals surface area contributed by atoms with Crippen molar-refractivity contribution in [3.63, 3.8) is 0 Å². The molecule has 5 amide bonds. The minimum Gasteiger partial charge on any atom is -0.344 e. The van der Waals surface area contributed by atoms with Crippen LogP contribution in [0.3, 0.4) is 0 Å². The van der Waals surface area contributed by atoms with Crippen LogP contribution < -0.4 is 5.32 Å². The number of nitrogens with zero attached hydrogens (tertiary/aromatic N) is 2. The van der Waals surface area contributed by atoms with Crippen molar-refractivity contribution in [3.05, 3.63) is 83.9 Å². The summed E-state index contributed by atoms with van der Waals surface area (Å²) in [4.78, 5) is 50.4. The summed E-state index contributed by atoms with van der Waals surface area (Å²) in [6.45, 7) is 4.81. The number of urea groups is 1. The summed E-state index contributed by atoms with van der Waals surface area (Å²) in [6, 6.07) is 15.8. The number of hydrogen-bond acceptors (Lipinski definition) is 4. The largest absolute Gasteiger partial charge is 0.344 e. The lowest BCUT2D eigenvalue weighted by molar-refractivity contribution is -0.143. The SMILES string of the molecule is C=CCN1C(=O)C(=O)N(CC(=O)N[C@@H](c2ccccc2)c2ccc(C)cc2)C1=O. The molecule has 1 fully saturated rings. The maximum absolute atomic E-state index is 12.7. The Hall–Kier alpha value is -3.74. The Balaban J connectivity index is 1.79. The van der Waals surface area contributed by atoms with E-state index in [1.165, 1.54) is 6.08 Å². The van der Waals surface area contributed by atoms with Crippen LogP contribution in [0.15, 0.2) is 67.3 Å². The highest BCUT2D eigenvalue weighted by Gasteiger charge is 2.44. The van der Waals surface area contributed by atoms with Gasteiger partial charge in [0, 0.05) is 6.54 Å². The average molecular weight is 391 g/mol. The first kappa shape index (κ1) is 20.0. The van der Waals surface area contributed by atoms with Gasteiger partial charge in [0.2, 0.25) is 5.91 Å². The predicted molar refractivity (Wildman–Crippen MR) is 107 cm³/mol. The van der Waals surface area contributed by atoms with Gasteiger partial charge in [0.05, 0.1) is 6.04 Å². The molecule has 2 aromatic rings. The maximum Gasteiger partial charge on any atom is 0.335 e. The van der Waals surface area contributed by atoms with Gasteiger partial charge in [-0.2, -0.15) is 0 Å². The summed E-state index contributed by atoms with van der Waals surface area (Å²) in [6.07, 6.45) is 1.34. The Kier molecular flexibility index (Phi) is 5.87. The molecule has 0 aliphatic carbocycles. The van der Waals surface area contributed by atoms with E-state index in [1.807, 2.05) is 61.5 Å². The second-order valence-corrected chi connectivity index (χ2v) is 6.70. The van der Waals surface area contributed by atoms with Crippen LogP contribution in [-0.2, 0) is 14.4 Å². The highest BCUT2D eigenvalue weighted by molar-refractivity contribution is 6.45. The second kappa shape index (κ2) is 8.52. The molecule has 0 unspecified atom stereocenters. The number of carbonyl (C=O) groups is 4. The standard InChI is InChI=1S/C22H21N3O4/c1-3-13-24-20(27)21(28)25(22(24)29)14-18(26)23-19(16-7-5-4-6-8-16)17-11-9-15(2)10-12-17/h3-12,19H,1,13-14H2,2H3,(H,23,26)/t19-/m0/s1. The van der Waals surface area contributed by atoms with Gasteiger partial charge >= 0.3 is 17.8 Å². The molecule has 29 heavy (non-hydrogen) atoms. The average Bonchev–Trinajstić information content (AvgIpc) is 2.92. The summed E-state index contributed by atoms with van der Waals surface area (Å²) < 4.78 is 0. The van der Waals surface area contributed by atoms with Crippen molar-refractivity contribution in [2.45, 2.75) is 13.0 Å². The zero-order valence-corrected chi connectivity index (χ0v) is 16.0. The molecule has 3 rings (SSSR count). The van der Waals surface area contributed by atoms with E-state index in [1.54, 1.807) is 0 Å². The molecule has 7 nitrogen and oxygen atoms in total. The van der Waals surface area contributed by atoms with E-state index in [9.17, 15) is 19.2 Å². The van der Waals surface area contributed by atoms with Crippen molar-refractivity contribution in [2.75, 3.05) is 13.1 Å². The van der Waals surface area contributed by atoms with E-state index in [2.05, 4.69) is 11.9 Å². The lowest BCUT2D eigenvalue weighted by Crippen LogP contribution is -2.42. The fraction of sp³-hybridized carbons (Fsp3) is 0.182. The van der Waals surface area contributed by atoms with Gasteiger partial charge in [0.25, 0.3) is 0 Å². The molecule has 1 heterocycles. The van der Waals surface area contributed by atoms with E-state index in [0.29, 0.717) is 4.90 Å². The van der Waals surface area contributed by atoms with Crippen LogP contribution in [0.25, 0.3) is 0 Å². The molecular formula is C22H21N3O4. The highest BCUT2D eigenvalue weighted by atomic mass is 16.2. The van der Waals surface area contributed by atoms with Crippen molar-refractivity contribution in [3.8, 4) is 0 Å². The fourth-order valence-electron chi connectivity index (χ4n) is 3.09. The lowest BCUT2D eigenvalue weighted by atomic mass is 9.98. The Morgan fingerprint density at radius 2 is 1.55 bits per heavy atom. The van der Waals surface area contributed by atoms with Gasteiger partial charge in [-0.3, -0.25) is 19.3 Å². The smallest absolute Gasteiger partial charge is 0.335 e. The van der Waals surface area contributed by atoms with E-state index in [0.717, 1.165) is 21.6 Å². The van der Waals surface area contributed by atoms with Crippen LogP contribution in [0.4, 0.5) is 4.79 Å². The zero-order valence-electron chi connectivity index (χ0n) is 16.0. The van der Waals surface area contributed by atoms with Gasteiger partial charge in [0.1, 0.15) is 6.54 Å². The Morgan fingerprint density at radius 3 is 2.17 bits per heavy atom. The number of rotatable bonds is 7. The van der Waals surface area contributed by atoms with Crippen LogP contribution >= 0.6 is 0 Å². The van der Waals surface area contributed by atoms with Crippen LogP contribution in [0.1, 0.15) is 22.7 Å². The molecule has 1 aliphatic rings. The molecule has 1 N–H and O–H groups in total. The van der Waals surface area contributed by atoms with Crippen molar-refractivity contribution >= 4 is 23.8 Å². The summed E-state index contributed by atoms with van der Waals surface area (Å²) in [5.74, 6) is -2.52. The highest BCUT2D eigenvalue weighted by Crippen LogP contribution is 2.22. The summed E-state index contributed by atoms with van der Waals surface area (Å²) in [7, 11) is 0. The predicted octanol–water partition coefficient (Wildman–Crippen LogP) is 2.18. The lowest BCUT2D eigenvalue weighted by Gasteiger charge is -2.21. The number of imide groups is 2. The maximum atomic E-state index is 12.7. The normalized spacial score (nSPS) is 14.9. The summed E-state index contributed by atoms with van der Waals surface area (Å²) >= 11 is 0. The molecule has 1 atom stereocenters. The molecule has 7 heteroatoms. The number of benzene rings is 2. The Morgan fingerprint density at radius 1 is 0.966 bits per heavy atom. The van der Waals surface area contributed by atoms with Gasteiger partial charge in [-0.1, -0.05) is 66.2 Å². The summed E-state index contributed by atoms with van der Waals surface area (Å²) in [5.41, 5.74) is 2.80. The molecule has 0 aromatic heterocycles. The van der Waals surface area contributed by atoms with Crippen LogP contribution in [0.5, 0.6) is 0 Å². The first-order valence-electron chi connectivity index (χ1n) is 9.11. The molecule has 1 aliphatic heterocycles. The van der Waals surface area contributed by atoms with Gasteiger partial charge in [-0.25, -0.2) is 9.69 Å². The van der Waals surface area contributed by atoms with Gasteiger partial charge in [-0.15, -0.1) is 6.58 Å². The minimum absolute atomic E-state index is 0.0858. The molecule has 0 bridgehead atoms. The molecular weight excluding hydrogens is 370 g/mol. The quantitative estimate of drug-likeness (QED) is 0.445. The second-order valence-electron chi connectivity index (χ2n) is 6.70. The number of aryl methyl sites for hydroxylation is 1. The Labute approximate surface area is 168 Å². The van der Waals surface area contributed by atoms with E-state index in [-0.39, 0.29) is 6.54 Å². The van der Waals surface area contributed by atoms with Gasteiger partial charge < -0.3 is 5.32 Å². The van der Waals surface area contributed by atoms with Crippen molar-refractivity contribution in [2.24, 2.45) is 0 Å². The first-order chi connectivity index (χ1) is 13.9. The number of carbonyl (C=O) groups excluding carboxylic acids is 4. The third-order valence-corrected chi connectivity index (χ3v) is 4.60. The zero-order chi connectivity index (χ0) is 21.0. The first-order valence-corrected chi connectivity index (χ1v) is 9.11. The van der Waals surface area contributed by atoms with Crippen LogP contribution in [-0.4, -0.2) is 46.6 Å². The van der Waals surface area contributed by atoms with Gasteiger partial charge in [0.15, 0.2) is 0 Å². The molecule has 0 radical (unpaired) electrons. The topological polar surface area (TPSA) is 86.8 Å². The fourth-order valence-corrected chi connectivity index (χ4v) is 3.09. The minimum atomic E-state index is -1.02. The van der Waals surface area contributed by atoms with Crippen molar-refractivity contribution in [1.29, 1.82) is 0 Å². The van der Waals surface area contributed by atoms with Crippen LogP contribution in [0, 0.1) is 6.92 Å².